The number of Topliss-reactive ketones (excluding diaryl/α,β-unsaturated/α-hetero) is 2. The molecule has 11 nitrogen and oxygen atoms in total. The van der Waals surface area contributed by atoms with E-state index in [9.17, 15) is 24.6 Å². The van der Waals surface area contributed by atoms with Crippen LogP contribution in [0.3, 0.4) is 0 Å². The number of aromatic nitrogens is 1. The smallest absolute Gasteiger partial charge is 0.231 e. The Bertz CT molecular complexity index is 1690. The lowest BCUT2D eigenvalue weighted by Crippen LogP contribution is -2.53. The lowest BCUT2D eigenvalue weighted by Gasteiger charge is -2.38. The number of phenols is 1. The third-order valence-electron chi connectivity index (χ3n) is 8.29. The van der Waals surface area contributed by atoms with Gasteiger partial charge in [-0.3, -0.25) is 19.4 Å². The lowest BCUT2D eigenvalue weighted by atomic mass is 9.69. The van der Waals surface area contributed by atoms with Crippen molar-refractivity contribution in [2.24, 2.45) is 5.92 Å². The first kappa shape index (κ1) is 31.6. The predicted molar refractivity (Wildman–Crippen MR) is 164 cm³/mol. The molecule has 45 heavy (non-hydrogen) atoms. The molecular formula is C33H33ClN2O9. The maximum absolute atomic E-state index is 14.2. The summed E-state index contributed by atoms with van der Waals surface area (Å²) in [5, 5.41) is 25.1. The molecule has 0 radical (unpaired) electrons. The zero-order chi connectivity index (χ0) is 32.5. The number of pyridine rings is 1. The van der Waals surface area contributed by atoms with Crippen molar-refractivity contribution in [2.75, 3.05) is 27.9 Å². The topological polar surface area (TPSA) is 154 Å². The minimum absolute atomic E-state index is 0.00378. The minimum atomic E-state index is -2.02. The summed E-state index contributed by atoms with van der Waals surface area (Å²) in [4.78, 5) is 45.6. The average Bonchev–Trinajstić information content (AvgIpc) is 3.35. The fourth-order valence-corrected chi connectivity index (χ4v) is 6.23. The van der Waals surface area contributed by atoms with Crippen LogP contribution in [0, 0.1) is 5.92 Å². The van der Waals surface area contributed by atoms with E-state index in [4.69, 9.17) is 30.5 Å². The van der Waals surface area contributed by atoms with Crippen molar-refractivity contribution in [2.45, 2.75) is 37.7 Å². The second-order valence-electron chi connectivity index (χ2n) is 10.9. The van der Waals surface area contributed by atoms with Gasteiger partial charge in [0.2, 0.25) is 17.3 Å². The second-order valence-corrected chi connectivity index (χ2v) is 11.2. The number of carbonyl (C=O) groups excluding carboxylic acids is 3. The molecule has 0 fully saturated rings. The number of hydrogen-bond donors (Lipinski definition) is 3. The molecule has 1 amide bonds. The number of fused-ring (bicyclic) bond motifs is 1. The van der Waals surface area contributed by atoms with Crippen molar-refractivity contribution >= 4 is 29.1 Å². The van der Waals surface area contributed by atoms with E-state index in [1.165, 1.54) is 45.6 Å². The van der Waals surface area contributed by atoms with Crippen LogP contribution >= 0.6 is 11.6 Å². The highest BCUT2D eigenvalue weighted by atomic mass is 35.5. The third kappa shape index (κ3) is 5.52. The molecule has 1 spiro atoms. The predicted octanol–water partition coefficient (Wildman–Crippen LogP) is 4.73. The number of ether oxygens (including phenoxy) is 4. The highest BCUT2D eigenvalue weighted by Crippen LogP contribution is 2.56. The third-order valence-corrected chi connectivity index (χ3v) is 8.64. The van der Waals surface area contributed by atoms with Gasteiger partial charge in [-0.25, -0.2) is 0 Å². The number of amides is 1. The molecule has 3 aromatic rings. The number of aromatic hydroxyl groups is 1. The maximum Gasteiger partial charge on any atom is 0.231 e. The van der Waals surface area contributed by atoms with Gasteiger partial charge < -0.3 is 34.5 Å². The number of hydrogen-bond acceptors (Lipinski definition) is 10. The van der Waals surface area contributed by atoms with E-state index in [-0.39, 0.29) is 64.3 Å². The maximum atomic E-state index is 14.2. The van der Waals surface area contributed by atoms with E-state index < -0.39 is 40.7 Å². The lowest BCUT2D eigenvalue weighted by molar-refractivity contribution is -0.121. The number of nitrogens with one attached hydrogen (secondary N) is 1. The highest BCUT2D eigenvalue weighted by molar-refractivity contribution is 6.35. The summed E-state index contributed by atoms with van der Waals surface area (Å²) >= 11 is 6.56. The molecule has 1 aliphatic carbocycles. The summed E-state index contributed by atoms with van der Waals surface area (Å²) in [6.07, 6.45) is 1.69. The Morgan fingerprint density at radius 2 is 1.82 bits per heavy atom. The molecule has 2 aliphatic rings. The number of nitrogens with zero attached hydrogens (tertiary/aromatic N) is 1. The molecule has 3 N–H and O–H groups in total. The van der Waals surface area contributed by atoms with Crippen molar-refractivity contribution in [3.05, 3.63) is 81.8 Å². The molecular weight excluding hydrogens is 604 g/mol. The van der Waals surface area contributed by atoms with Gasteiger partial charge in [0, 0.05) is 61.2 Å². The quantitative estimate of drug-likeness (QED) is 0.284. The van der Waals surface area contributed by atoms with Gasteiger partial charge in [-0.1, -0.05) is 30.7 Å². The first-order valence-electron chi connectivity index (χ1n) is 14.3. The zero-order valence-electron chi connectivity index (χ0n) is 25.2. The molecule has 2 aromatic carbocycles. The van der Waals surface area contributed by atoms with Crippen molar-refractivity contribution in [3.63, 3.8) is 0 Å². The van der Waals surface area contributed by atoms with Crippen molar-refractivity contribution in [1.29, 1.82) is 0 Å². The molecule has 5 rings (SSSR count). The second kappa shape index (κ2) is 12.7. The molecule has 3 unspecified atom stereocenters. The number of aliphatic hydroxyl groups is 1. The number of rotatable bonds is 10. The number of aliphatic hydroxyl groups excluding tert-OH is 1. The fraction of sp³-hybridized carbons (Fsp3) is 0.333. The number of halogens is 1. The summed E-state index contributed by atoms with van der Waals surface area (Å²) in [6.45, 7) is 1.90. The Morgan fingerprint density at radius 3 is 2.49 bits per heavy atom. The Balaban J connectivity index is 1.59. The normalized spacial score (nSPS) is 19.6. The SMILES string of the molecule is COc1cc(C(CC(=O)NCCc2ccccn2)C2=C(O)C3(Oc4c(Cl)c(OC)cc(OC)c4C3=O)C(C)CC2=O)ccc1O. The van der Waals surface area contributed by atoms with Crippen LogP contribution in [-0.2, 0) is 16.0 Å². The summed E-state index contributed by atoms with van der Waals surface area (Å²) < 4.78 is 22.3. The van der Waals surface area contributed by atoms with Gasteiger partial charge in [-0.2, -0.15) is 0 Å². The summed E-state index contributed by atoms with van der Waals surface area (Å²) in [6, 6.07) is 11.3. The highest BCUT2D eigenvalue weighted by Gasteiger charge is 2.61. The van der Waals surface area contributed by atoms with Crippen LogP contribution < -0.4 is 24.3 Å². The summed E-state index contributed by atoms with van der Waals surface area (Å²) in [5.41, 5.74) is -0.999. The number of phenolic OH excluding ortho intramolecular Hbond substituents is 1. The van der Waals surface area contributed by atoms with E-state index in [1.54, 1.807) is 19.2 Å². The van der Waals surface area contributed by atoms with E-state index in [0.29, 0.717) is 12.0 Å². The summed E-state index contributed by atoms with van der Waals surface area (Å²) in [5.74, 6) is -3.79. The summed E-state index contributed by atoms with van der Waals surface area (Å²) in [7, 11) is 4.14. The molecule has 1 aliphatic heterocycles. The van der Waals surface area contributed by atoms with Crippen LogP contribution in [0.1, 0.15) is 47.3 Å². The van der Waals surface area contributed by atoms with Gasteiger partial charge >= 0.3 is 0 Å². The van der Waals surface area contributed by atoms with Gasteiger partial charge in [0.1, 0.15) is 22.1 Å². The standard InChI is InChI=1S/C33H33ClN2O9/c1-17-13-22(38)27(31(40)33(17)32(41)28-24(43-3)16-25(44-4)29(34)30(28)45-33)20(18-8-9-21(37)23(14-18)42-2)15-26(39)36-12-10-19-7-5-6-11-35-19/h5-9,11,14,16-17,20,37,40H,10,12-13,15H2,1-4H3,(H,36,39). The van der Waals surface area contributed by atoms with Crippen LogP contribution in [0.2, 0.25) is 5.02 Å². The van der Waals surface area contributed by atoms with Crippen LogP contribution in [0.25, 0.3) is 0 Å². The number of methoxy groups -OCH3 is 3. The van der Waals surface area contributed by atoms with Crippen LogP contribution in [-0.4, -0.2) is 66.1 Å². The molecule has 3 atom stereocenters. The Labute approximate surface area is 264 Å². The van der Waals surface area contributed by atoms with Crippen LogP contribution in [0.4, 0.5) is 0 Å². The molecule has 1 aromatic heterocycles. The zero-order valence-corrected chi connectivity index (χ0v) is 25.9. The largest absolute Gasteiger partial charge is 0.507 e. The van der Waals surface area contributed by atoms with E-state index in [0.717, 1.165) is 5.69 Å². The van der Waals surface area contributed by atoms with E-state index >= 15 is 0 Å². The van der Waals surface area contributed by atoms with Crippen LogP contribution in [0.5, 0.6) is 28.7 Å². The first-order chi connectivity index (χ1) is 21.6. The average molecular weight is 637 g/mol. The Kier molecular flexibility index (Phi) is 8.92. The number of ketones is 2. The first-order valence-corrected chi connectivity index (χ1v) is 14.6. The van der Waals surface area contributed by atoms with Gasteiger partial charge in [-0.15, -0.1) is 0 Å². The van der Waals surface area contributed by atoms with Gasteiger partial charge in [0.15, 0.2) is 28.8 Å². The van der Waals surface area contributed by atoms with Gasteiger partial charge in [-0.05, 0) is 29.8 Å². The van der Waals surface area contributed by atoms with Gasteiger partial charge in [0.05, 0.1) is 21.3 Å². The van der Waals surface area contributed by atoms with Crippen molar-refractivity contribution in [3.8, 4) is 28.7 Å². The molecule has 236 valence electrons. The molecule has 0 bridgehead atoms. The number of benzene rings is 2. The Morgan fingerprint density at radius 1 is 1.09 bits per heavy atom. The van der Waals surface area contributed by atoms with Crippen LogP contribution in [0.15, 0.2) is 60.0 Å². The molecule has 0 saturated heterocycles. The fourth-order valence-electron chi connectivity index (χ4n) is 5.97. The number of allylic oxidation sites excluding steroid dienone is 1. The number of carbonyl (C=O) groups is 3. The molecule has 2 heterocycles. The van der Waals surface area contributed by atoms with Gasteiger partial charge in [0.25, 0.3) is 0 Å². The minimum Gasteiger partial charge on any atom is -0.507 e. The van der Waals surface area contributed by atoms with E-state index in [1.807, 2.05) is 12.1 Å². The monoisotopic (exact) mass is 636 g/mol. The Hall–Kier alpha value is -4.77. The van der Waals surface area contributed by atoms with Crippen molar-refractivity contribution in [1.82, 2.24) is 10.3 Å². The molecule has 0 saturated carbocycles. The molecule has 12 heteroatoms. The van der Waals surface area contributed by atoms with Crippen molar-refractivity contribution < 1.29 is 43.5 Å². The van der Waals surface area contributed by atoms with E-state index in [2.05, 4.69) is 10.3 Å².